The first-order valence-corrected chi connectivity index (χ1v) is 14.7. The third-order valence-electron chi connectivity index (χ3n) is 5.84. The summed E-state index contributed by atoms with van der Waals surface area (Å²) in [6.07, 6.45) is 6.83. The molecule has 2 fully saturated rings. The molecule has 1 aromatic carbocycles. The van der Waals surface area contributed by atoms with Gasteiger partial charge in [-0.25, -0.2) is 0 Å². The van der Waals surface area contributed by atoms with Crippen molar-refractivity contribution in [2.24, 2.45) is 17.2 Å². The quantitative estimate of drug-likeness (QED) is 0.123. The number of halogens is 1. The molecule has 3 atom stereocenters. The smallest absolute Gasteiger partial charge is 0.394 e. The third kappa shape index (κ3) is 22.5. The number of ether oxygens (including phenoxy) is 1. The Morgan fingerprint density at radius 2 is 1.31 bits per heavy atom. The summed E-state index contributed by atoms with van der Waals surface area (Å²) in [5.41, 5.74) is 15.2. The average molecular weight is 631 g/mol. The highest BCUT2D eigenvalue weighted by molar-refractivity contribution is 7.79. The molecule has 11 nitrogen and oxygen atoms in total. The van der Waals surface area contributed by atoms with E-state index in [9.17, 15) is 9.90 Å². The Morgan fingerprint density at radius 3 is 1.60 bits per heavy atom. The fraction of sp³-hybridized carbons (Fsp3) is 0.552. The van der Waals surface area contributed by atoms with E-state index in [1.54, 1.807) is 0 Å². The van der Waals surface area contributed by atoms with E-state index in [0.717, 1.165) is 37.7 Å². The van der Waals surface area contributed by atoms with Crippen LogP contribution in [-0.4, -0.2) is 65.3 Å². The SMILES string of the molecule is CCC#CN.CCC#CN.CCC#CN.CN1C2CCC1CC(OC(=O)C(CO)c1ccccc1)C2.Cl.O=S(=O)(O)O. The molecule has 0 amide bonds. The molecule has 2 saturated heterocycles. The molecule has 3 unspecified atom stereocenters. The van der Waals surface area contributed by atoms with Gasteiger partial charge in [0.25, 0.3) is 0 Å². The summed E-state index contributed by atoms with van der Waals surface area (Å²) in [7, 11) is -2.50. The zero-order chi connectivity index (χ0) is 31.7. The molecular weight excluding hydrogens is 584 g/mol. The van der Waals surface area contributed by atoms with Crippen molar-refractivity contribution in [3.05, 3.63) is 35.9 Å². The number of nitrogens with zero attached hydrogens (tertiary/aromatic N) is 1. The lowest BCUT2D eigenvalue weighted by Gasteiger charge is -2.36. The van der Waals surface area contributed by atoms with Crippen LogP contribution in [0.1, 0.15) is 77.2 Å². The van der Waals surface area contributed by atoms with Gasteiger partial charge in [0.15, 0.2) is 0 Å². The molecule has 0 saturated carbocycles. The molecule has 9 N–H and O–H groups in total. The molecule has 42 heavy (non-hydrogen) atoms. The lowest BCUT2D eigenvalue weighted by atomic mass is 9.98. The van der Waals surface area contributed by atoms with Crippen LogP contribution in [0.3, 0.4) is 0 Å². The van der Waals surface area contributed by atoms with E-state index in [1.807, 2.05) is 51.1 Å². The van der Waals surface area contributed by atoms with Gasteiger partial charge in [-0.2, -0.15) is 8.42 Å². The molecule has 0 aliphatic carbocycles. The summed E-state index contributed by atoms with van der Waals surface area (Å²) in [5, 5.41) is 9.53. The van der Waals surface area contributed by atoms with E-state index in [2.05, 4.69) is 47.8 Å². The maximum absolute atomic E-state index is 12.4. The van der Waals surface area contributed by atoms with Crippen LogP contribution in [0, 0.1) is 35.9 Å². The second-order valence-corrected chi connectivity index (χ2v) is 9.59. The predicted molar refractivity (Wildman–Crippen MR) is 168 cm³/mol. The largest absolute Gasteiger partial charge is 0.462 e. The van der Waals surface area contributed by atoms with Crippen LogP contribution in [0.15, 0.2) is 30.3 Å². The van der Waals surface area contributed by atoms with Crippen molar-refractivity contribution >= 4 is 28.8 Å². The van der Waals surface area contributed by atoms with Crippen molar-refractivity contribution in [1.82, 2.24) is 4.90 Å². The Morgan fingerprint density at radius 1 is 0.929 bits per heavy atom. The van der Waals surface area contributed by atoms with Crippen LogP contribution < -0.4 is 17.2 Å². The zero-order valence-corrected chi connectivity index (χ0v) is 26.5. The minimum absolute atomic E-state index is 0. The van der Waals surface area contributed by atoms with Gasteiger partial charge in [0.2, 0.25) is 0 Å². The highest BCUT2D eigenvalue weighted by atomic mass is 35.5. The first kappa shape index (κ1) is 43.3. The number of fused-ring (bicyclic) bond motifs is 2. The number of aliphatic hydroxyl groups excluding tert-OH is 1. The fourth-order valence-electron chi connectivity index (χ4n) is 4.01. The summed E-state index contributed by atoms with van der Waals surface area (Å²) in [6.45, 7) is 5.67. The van der Waals surface area contributed by atoms with E-state index in [0.29, 0.717) is 12.1 Å². The van der Waals surface area contributed by atoms with Gasteiger partial charge in [-0.3, -0.25) is 13.9 Å². The summed E-state index contributed by atoms with van der Waals surface area (Å²) in [6, 6.07) is 17.3. The van der Waals surface area contributed by atoms with Crippen molar-refractivity contribution in [1.29, 1.82) is 0 Å². The molecule has 2 heterocycles. The van der Waals surface area contributed by atoms with Gasteiger partial charge < -0.3 is 31.9 Å². The lowest BCUT2D eigenvalue weighted by Crippen LogP contribution is -2.43. The van der Waals surface area contributed by atoms with Crippen molar-refractivity contribution in [3.63, 3.8) is 0 Å². The molecule has 3 rings (SSSR count). The maximum atomic E-state index is 12.4. The topological polar surface area (TPSA) is 202 Å². The Bertz CT molecular complexity index is 1070. The Kier molecular flexibility index (Phi) is 27.6. The number of piperidine rings is 1. The van der Waals surface area contributed by atoms with Crippen molar-refractivity contribution < 1.29 is 32.2 Å². The van der Waals surface area contributed by atoms with Gasteiger partial charge in [0, 0.05) is 49.5 Å². The van der Waals surface area contributed by atoms with Gasteiger partial charge in [-0.15, -0.1) is 12.4 Å². The van der Waals surface area contributed by atoms with Gasteiger partial charge in [0.05, 0.1) is 6.61 Å². The zero-order valence-electron chi connectivity index (χ0n) is 24.8. The second-order valence-electron chi connectivity index (χ2n) is 8.70. The highest BCUT2D eigenvalue weighted by Crippen LogP contribution is 2.36. The van der Waals surface area contributed by atoms with Crippen LogP contribution in [0.5, 0.6) is 0 Å². The number of aliphatic hydroxyl groups is 1. The van der Waals surface area contributed by atoms with Crippen LogP contribution >= 0.6 is 12.4 Å². The van der Waals surface area contributed by atoms with Gasteiger partial charge in [0.1, 0.15) is 12.0 Å². The Hall–Kier alpha value is -3.15. The normalized spacial score (nSPS) is 18.2. The number of hydrogen-bond acceptors (Lipinski definition) is 9. The molecule has 2 aliphatic rings. The first-order valence-electron chi connectivity index (χ1n) is 13.3. The number of esters is 1. The number of hydrogen-bond donors (Lipinski definition) is 6. The molecule has 2 aliphatic heterocycles. The highest BCUT2D eigenvalue weighted by Gasteiger charge is 2.40. The lowest BCUT2D eigenvalue weighted by molar-refractivity contribution is -0.155. The van der Waals surface area contributed by atoms with Gasteiger partial charge >= 0.3 is 16.4 Å². The molecule has 2 bridgehead atoms. The molecule has 13 heteroatoms. The van der Waals surface area contributed by atoms with E-state index < -0.39 is 16.3 Å². The number of carbonyl (C=O) groups excluding carboxylic acids is 1. The molecule has 0 aromatic heterocycles. The third-order valence-corrected chi connectivity index (χ3v) is 5.84. The van der Waals surface area contributed by atoms with E-state index in [-0.39, 0.29) is 31.1 Å². The van der Waals surface area contributed by atoms with Crippen LogP contribution in [-0.2, 0) is 19.9 Å². The van der Waals surface area contributed by atoms with Crippen LogP contribution in [0.4, 0.5) is 0 Å². The molecular formula is C29H47ClN4O7S. The van der Waals surface area contributed by atoms with Gasteiger partial charge in [-0.1, -0.05) is 68.9 Å². The molecule has 0 spiro atoms. The van der Waals surface area contributed by atoms with E-state index >= 15 is 0 Å². The number of carbonyl (C=O) groups is 1. The molecule has 1 aromatic rings. The predicted octanol–water partition coefficient (Wildman–Crippen LogP) is 2.65. The van der Waals surface area contributed by atoms with Crippen LogP contribution in [0.25, 0.3) is 0 Å². The Labute approximate surface area is 257 Å². The number of nitrogens with two attached hydrogens (primary N) is 3. The summed E-state index contributed by atoms with van der Waals surface area (Å²) in [4.78, 5) is 14.8. The maximum Gasteiger partial charge on any atom is 0.394 e. The van der Waals surface area contributed by atoms with Crippen molar-refractivity contribution in [2.75, 3.05) is 13.7 Å². The minimum atomic E-state index is -4.67. The standard InChI is InChI=1S/C17H23NO3.3C4H7N.ClH.H2O4S/c1-18-13-7-8-14(18)10-15(9-13)21-17(20)16(11-19)12-5-3-2-4-6-12;3*1-2-3-4-5;;1-5(2,3)4/h2-6,13-16,19H,7-11H2,1H3;3*2,5H2,1H3;1H;(H2,1,2,3,4). The number of rotatable bonds is 4. The molecule has 238 valence electrons. The minimum Gasteiger partial charge on any atom is -0.462 e. The Balaban J connectivity index is -0.000000596. The monoisotopic (exact) mass is 630 g/mol. The van der Waals surface area contributed by atoms with Crippen molar-refractivity contribution in [2.45, 2.75) is 89.8 Å². The van der Waals surface area contributed by atoms with Crippen molar-refractivity contribution in [3.8, 4) is 35.9 Å². The first-order chi connectivity index (χ1) is 19.4. The molecule has 0 radical (unpaired) electrons. The second kappa shape index (κ2) is 26.7. The van der Waals surface area contributed by atoms with E-state index in [4.69, 9.17) is 39.5 Å². The van der Waals surface area contributed by atoms with Gasteiger partial charge in [-0.05, 0) is 38.3 Å². The van der Waals surface area contributed by atoms with Crippen LogP contribution in [0.2, 0.25) is 0 Å². The fourth-order valence-corrected chi connectivity index (χ4v) is 4.01. The summed E-state index contributed by atoms with van der Waals surface area (Å²) < 4.78 is 37.3. The number of benzene rings is 1. The summed E-state index contributed by atoms with van der Waals surface area (Å²) >= 11 is 0. The van der Waals surface area contributed by atoms with E-state index in [1.165, 1.54) is 12.8 Å². The average Bonchev–Trinajstić information content (AvgIpc) is 3.11. The summed E-state index contributed by atoms with van der Waals surface area (Å²) in [5.74, 6) is 7.06.